The van der Waals surface area contributed by atoms with Gasteiger partial charge in [0.05, 0.1) is 29.6 Å². The number of nitrogens with zero attached hydrogens (tertiary/aromatic N) is 2. The number of carbonyl (C=O) groups is 3. The van der Waals surface area contributed by atoms with Crippen molar-refractivity contribution in [2.75, 3.05) is 24.9 Å². The molecule has 0 radical (unpaired) electrons. The molecule has 44 heavy (non-hydrogen) atoms. The van der Waals surface area contributed by atoms with Crippen molar-refractivity contribution in [2.45, 2.75) is 20.8 Å². The summed E-state index contributed by atoms with van der Waals surface area (Å²) in [6.07, 6.45) is 0. The van der Waals surface area contributed by atoms with Crippen LogP contribution < -0.4 is 5.73 Å². The summed E-state index contributed by atoms with van der Waals surface area (Å²) < 4.78 is 8.96. The maximum Gasteiger partial charge on any atom is 0.344 e. The van der Waals surface area contributed by atoms with E-state index in [9.17, 15) is 34.6 Å². The van der Waals surface area contributed by atoms with E-state index in [1.807, 2.05) is 17.9 Å². The number of nitrogen functional groups attached to an aromatic ring is 1. The van der Waals surface area contributed by atoms with Crippen LogP contribution in [0.4, 0.5) is 17.1 Å². The first-order valence-corrected chi connectivity index (χ1v) is 13.5. The first-order chi connectivity index (χ1) is 19.2. The van der Waals surface area contributed by atoms with Gasteiger partial charge in [-0.3, -0.25) is 20.2 Å². The Hall–Kier alpha value is -4.02. The number of aryl methyl sites for hydroxylation is 3. The summed E-state index contributed by atoms with van der Waals surface area (Å²) in [5.74, 6) is -2.38. The molecule has 0 aliphatic rings. The van der Waals surface area contributed by atoms with E-state index in [4.69, 9.17) is 10.8 Å². The summed E-state index contributed by atoms with van der Waals surface area (Å²) in [5, 5.41) is 29.6. The molecular weight excluding hydrogens is 792 g/mol. The van der Waals surface area contributed by atoms with Crippen LogP contribution in [0.2, 0.25) is 0 Å². The van der Waals surface area contributed by atoms with Crippen LogP contribution in [0.25, 0.3) is 0 Å². The molecule has 7 N–H and O–H groups in total. The topological polar surface area (TPSA) is 265 Å². The van der Waals surface area contributed by atoms with Crippen LogP contribution in [-0.4, -0.2) is 63.0 Å². The summed E-state index contributed by atoms with van der Waals surface area (Å²) in [5.41, 5.74) is 7.99. The summed E-state index contributed by atoms with van der Waals surface area (Å²) in [6.45, 7) is 5.30. The summed E-state index contributed by atoms with van der Waals surface area (Å²) in [6, 6.07) is 13.6. The van der Waals surface area contributed by atoms with E-state index >= 15 is 0 Å². The van der Waals surface area contributed by atoms with Crippen LogP contribution in [0.5, 0.6) is 0 Å². The first-order valence-electron chi connectivity index (χ1n) is 11.4. The Morgan fingerprint density at radius 1 is 0.727 bits per heavy atom. The molecule has 248 valence electrons. The Kier molecular flexibility index (Phi) is 25.0. The maximum absolute atomic E-state index is 11.1. The molecule has 0 saturated carbocycles. The molecule has 0 heterocycles. The van der Waals surface area contributed by atoms with Crippen LogP contribution in [0.1, 0.15) is 49.2 Å². The summed E-state index contributed by atoms with van der Waals surface area (Å²) in [7, 11) is 2.52. The predicted molar refractivity (Wildman–Crippen MR) is 170 cm³/mol. The van der Waals surface area contributed by atoms with Gasteiger partial charge < -0.3 is 31.3 Å². The molecule has 0 spiro atoms. The smallest absolute Gasteiger partial charge is 0.344 e. The molecule has 3 aromatic rings. The minimum absolute atomic E-state index is 0. The number of methoxy groups -OCH3 is 2. The number of benzene rings is 3. The van der Waals surface area contributed by atoms with Crippen molar-refractivity contribution < 1.29 is 71.6 Å². The Morgan fingerprint density at radius 3 is 1.39 bits per heavy atom. The van der Waals surface area contributed by atoms with Crippen molar-refractivity contribution in [3.8, 4) is 0 Å². The number of anilines is 1. The number of carboxylic acid groups (broad SMARTS) is 1. The summed E-state index contributed by atoms with van der Waals surface area (Å²) >= 11 is 2.15. The molecule has 0 bridgehead atoms. The Balaban J connectivity index is -0.000000166. The van der Waals surface area contributed by atoms with E-state index in [0.29, 0.717) is 16.8 Å². The van der Waals surface area contributed by atoms with Crippen LogP contribution in [-0.2, 0) is 29.9 Å². The van der Waals surface area contributed by atoms with Gasteiger partial charge in [-0.05, 0) is 66.7 Å². The van der Waals surface area contributed by atoms with Crippen molar-refractivity contribution in [2.24, 2.45) is 0 Å². The van der Waals surface area contributed by atoms with Crippen molar-refractivity contribution in [3.05, 3.63) is 108 Å². The van der Waals surface area contributed by atoms with Gasteiger partial charge in [0.2, 0.25) is 0 Å². The third-order valence-electron chi connectivity index (χ3n) is 4.95. The quantitative estimate of drug-likeness (QED) is 0.0696. The molecule has 15 nitrogen and oxygen atoms in total. The molecule has 3 aromatic carbocycles. The fourth-order valence-corrected chi connectivity index (χ4v) is 3.03. The van der Waals surface area contributed by atoms with Crippen LogP contribution in [0.15, 0.2) is 54.6 Å². The Labute approximate surface area is 281 Å². The molecule has 17 heteroatoms. The number of ether oxygens (including phenoxy) is 2. The van der Waals surface area contributed by atoms with E-state index < -0.39 is 27.8 Å². The molecule has 0 atom stereocenters. The molecule has 0 fully saturated rings. The second-order valence-electron chi connectivity index (χ2n) is 7.93. The molecular formula is C27H36IN3O12Pd. The number of hydrogen-bond acceptors (Lipinski definition) is 10. The number of hydrogen-bond donors (Lipinski definition) is 2. The second kappa shape index (κ2) is 23.4. The van der Waals surface area contributed by atoms with E-state index in [-0.39, 0.29) is 55.3 Å². The van der Waals surface area contributed by atoms with E-state index in [2.05, 4.69) is 32.1 Å². The third kappa shape index (κ3) is 14.9. The van der Waals surface area contributed by atoms with E-state index in [0.717, 1.165) is 11.1 Å². The molecule has 3 rings (SSSR count). The standard InChI is InChI=1S/C9H9NO4.C9H11NO2.C8H7NO4.CH3I.2H2O.Pd.H2/c1-6-3-4-7(9(11)14-2)8(5-6)10(12)13;1-6-3-4-7(8(10)5-6)9(11)12-2;1-5-2-3-6(8(10)11)7(4-5)9(12)13;1-2;;;;/h3-5H,1-2H3;3-5H,10H2,1-2H3;2-4H,1H3,(H,10,11);1H3;2*1H2;;1H. The predicted octanol–water partition coefficient (Wildman–Crippen LogP) is 4.30. The minimum Gasteiger partial charge on any atom is -0.477 e. The SMILES string of the molecule is CI.COC(=O)c1ccc(C)cc1N.COC(=O)c1ccc(C)cc1[N+](=O)[O-].Cc1ccc(C(=O)O)c([N+](=O)[O-])c1.O.O.[HH].[Pd]. The van der Waals surface area contributed by atoms with Crippen molar-refractivity contribution in [1.82, 2.24) is 0 Å². The zero-order valence-corrected chi connectivity index (χ0v) is 28.2. The summed E-state index contributed by atoms with van der Waals surface area (Å²) in [4.78, 5) is 54.4. The number of nitro benzene ring substituents is 2. The van der Waals surface area contributed by atoms with Crippen molar-refractivity contribution >= 4 is 57.6 Å². The largest absolute Gasteiger partial charge is 0.477 e. The van der Waals surface area contributed by atoms with Gasteiger partial charge in [-0.15, -0.1) is 0 Å². The number of aromatic carboxylic acids is 1. The number of nitrogens with two attached hydrogens (primary N) is 1. The van der Waals surface area contributed by atoms with Gasteiger partial charge in [-0.25, -0.2) is 14.4 Å². The molecule has 0 unspecified atom stereocenters. The third-order valence-corrected chi connectivity index (χ3v) is 4.95. The zero-order valence-electron chi connectivity index (χ0n) is 24.5. The average Bonchev–Trinajstić information content (AvgIpc) is 2.93. The molecule has 0 amide bonds. The number of rotatable bonds is 5. The van der Waals surface area contributed by atoms with Crippen LogP contribution in [0, 0.1) is 41.0 Å². The minimum atomic E-state index is -1.29. The number of nitro groups is 2. The fraction of sp³-hybridized carbons (Fsp3) is 0.222. The number of carbonyl (C=O) groups excluding carboxylic acids is 2. The van der Waals surface area contributed by atoms with Crippen LogP contribution >= 0.6 is 22.6 Å². The zero-order chi connectivity index (χ0) is 31.9. The number of halogens is 1. The van der Waals surface area contributed by atoms with Crippen molar-refractivity contribution in [3.63, 3.8) is 0 Å². The molecule has 0 saturated heterocycles. The van der Waals surface area contributed by atoms with E-state index in [1.54, 1.807) is 32.0 Å². The number of carboxylic acids is 1. The Bertz CT molecular complexity index is 1430. The van der Waals surface area contributed by atoms with Crippen molar-refractivity contribution in [1.29, 1.82) is 0 Å². The molecule has 0 aliphatic carbocycles. The van der Waals surface area contributed by atoms with Gasteiger partial charge >= 0.3 is 17.9 Å². The van der Waals surface area contributed by atoms with Gasteiger partial charge in [0.15, 0.2) is 0 Å². The second-order valence-corrected chi connectivity index (χ2v) is 7.93. The van der Waals surface area contributed by atoms with Gasteiger partial charge in [0.25, 0.3) is 11.4 Å². The van der Waals surface area contributed by atoms with E-state index in [1.165, 1.54) is 44.6 Å². The molecule has 0 aliphatic heterocycles. The number of esters is 2. The molecule has 0 aromatic heterocycles. The monoisotopic (exact) mass is 827 g/mol. The number of alkyl halides is 1. The van der Waals surface area contributed by atoms with Gasteiger partial charge in [0.1, 0.15) is 11.1 Å². The van der Waals surface area contributed by atoms with Gasteiger partial charge in [0, 0.05) is 39.7 Å². The van der Waals surface area contributed by atoms with Crippen LogP contribution in [0.3, 0.4) is 0 Å². The maximum atomic E-state index is 11.1. The first kappa shape index (κ1) is 46.9. The van der Waals surface area contributed by atoms with Gasteiger partial charge in [-0.1, -0.05) is 40.8 Å². The Morgan fingerprint density at radius 2 is 1.05 bits per heavy atom. The fourth-order valence-electron chi connectivity index (χ4n) is 3.03. The van der Waals surface area contributed by atoms with Gasteiger partial charge in [-0.2, -0.15) is 0 Å². The average molecular weight is 828 g/mol. The normalized spacial score (nSPS) is 8.61.